The number of carbonyl (C=O) groups excluding carboxylic acids is 1. The average molecular weight is 360 g/mol. The van der Waals surface area contributed by atoms with Crippen LogP contribution in [0.4, 0.5) is 0 Å². The molecule has 1 heterocycles. The van der Waals surface area contributed by atoms with Gasteiger partial charge in [-0.05, 0) is 36.4 Å². The van der Waals surface area contributed by atoms with E-state index in [2.05, 4.69) is 16.4 Å². The Bertz CT molecular complexity index is 1000. The summed E-state index contributed by atoms with van der Waals surface area (Å²) in [6.07, 6.45) is 4.64. The van der Waals surface area contributed by atoms with Crippen LogP contribution in [-0.4, -0.2) is 28.1 Å². The topological polar surface area (TPSA) is 90.0 Å². The molecule has 0 unspecified atom stereocenters. The maximum absolute atomic E-state index is 11.9. The first kappa shape index (κ1) is 17.9. The molecule has 3 aromatic rings. The van der Waals surface area contributed by atoms with E-state index in [1.54, 1.807) is 48.3 Å². The van der Waals surface area contributed by atoms with Crippen molar-refractivity contribution < 1.29 is 14.3 Å². The molecule has 27 heavy (non-hydrogen) atoms. The molecule has 7 heteroatoms. The molecule has 0 fully saturated rings. The van der Waals surface area contributed by atoms with Crippen LogP contribution >= 0.6 is 0 Å². The summed E-state index contributed by atoms with van der Waals surface area (Å²) >= 11 is 0. The smallest absolute Gasteiger partial charge is 0.331 e. The Morgan fingerprint density at radius 2 is 2.00 bits per heavy atom. The fraction of sp³-hybridized carbons (Fsp3) is 0.100. The van der Waals surface area contributed by atoms with Gasteiger partial charge < -0.3 is 9.47 Å². The lowest BCUT2D eigenvalue weighted by Gasteiger charge is -2.03. The van der Waals surface area contributed by atoms with Gasteiger partial charge in [0.2, 0.25) is 0 Å². The highest BCUT2D eigenvalue weighted by Gasteiger charge is 2.06. The fourth-order valence-corrected chi connectivity index (χ4v) is 2.33. The predicted octanol–water partition coefficient (Wildman–Crippen LogP) is 2.90. The minimum Gasteiger partial charge on any atom is -0.496 e. The highest BCUT2D eigenvalue weighted by Crippen LogP contribution is 2.18. The summed E-state index contributed by atoms with van der Waals surface area (Å²) in [5, 5.41) is 16.8. The maximum atomic E-state index is 11.9. The number of esters is 1. The van der Waals surface area contributed by atoms with E-state index in [0.29, 0.717) is 17.0 Å². The molecule has 0 amide bonds. The molecule has 0 bridgehead atoms. The van der Waals surface area contributed by atoms with Crippen LogP contribution < -0.4 is 4.74 Å². The van der Waals surface area contributed by atoms with E-state index in [1.807, 2.05) is 24.3 Å². The van der Waals surface area contributed by atoms with Gasteiger partial charge in [0.25, 0.3) is 0 Å². The second kappa shape index (κ2) is 8.45. The number of aromatic nitrogens is 3. The first-order valence-electron chi connectivity index (χ1n) is 8.09. The summed E-state index contributed by atoms with van der Waals surface area (Å²) in [5.41, 5.74) is 2.62. The Morgan fingerprint density at radius 3 is 2.74 bits per heavy atom. The van der Waals surface area contributed by atoms with E-state index >= 15 is 0 Å². The lowest BCUT2D eigenvalue weighted by atomic mass is 10.2. The lowest BCUT2D eigenvalue weighted by Crippen LogP contribution is -2.01. The van der Waals surface area contributed by atoms with Crippen molar-refractivity contribution in [2.24, 2.45) is 0 Å². The molecular weight excluding hydrogens is 344 g/mol. The van der Waals surface area contributed by atoms with E-state index < -0.39 is 5.97 Å². The van der Waals surface area contributed by atoms with Gasteiger partial charge in [0, 0.05) is 11.6 Å². The number of hydrogen-bond donors (Lipinski definition) is 0. The van der Waals surface area contributed by atoms with Gasteiger partial charge >= 0.3 is 5.97 Å². The number of carbonyl (C=O) groups is 1. The quantitative estimate of drug-likeness (QED) is 0.496. The normalized spacial score (nSPS) is 10.5. The van der Waals surface area contributed by atoms with Crippen LogP contribution in [0.5, 0.6) is 5.75 Å². The molecule has 0 aliphatic heterocycles. The molecule has 3 rings (SSSR count). The minimum absolute atomic E-state index is 0.00533. The van der Waals surface area contributed by atoms with E-state index in [1.165, 1.54) is 6.08 Å². The molecule has 0 N–H and O–H groups in total. The monoisotopic (exact) mass is 360 g/mol. The first-order valence-corrected chi connectivity index (χ1v) is 8.09. The Hall–Kier alpha value is -3.92. The van der Waals surface area contributed by atoms with Crippen LogP contribution in [0.3, 0.4) is 0 Å². The number of rotatable bonds is 6. The molecule has 0 aliphatic carbocycles. The lowest BCUT2D eigenvalue weighted by molar-refractivity contribution is -0.139. The van der Waals surface area contributed by atoms with Crippen LogP contribution in [0.25, 0.3) is 11.8 Å². The first-order chi connectivity index (χ1) is 13.2. The molecule has 0 atom stereocenters. The van der Waals surface area contributed by atoms with Crippen LogP contribution in [0.2, 0.25) is 0 Å². The zero-order valence-electron chi connectivity index (χ0n) is 14.6. The summed E-state index contributed by atoms with van der Waals surface area (Å²) in [4.78, 5) is 11.9. The van der Waals surface area contributed by atoms with E-state index in [4.69, 9.17) is 14.7 Å². The summed E-state index contributed by atoms with van der Waals surface area (Å²) in [6.45, 7) is 0.00533. The average Bonchev–Trinajstić information content (AvgIpc) is 3.20. The Morgan fingerprint density at radius 1 is 1.22 bits per heavy atom. The number of ether oxygens (including phenoxy) is 2. The largest absolute Gasteiger partial charge is 0.496 e. The molecule has 0 radical (unpaired) electrons. The number of nitrogens with zero attached hydrogens (tertiary/aromatic N) is 4. The van der Waals surface area contributed by atoms with Gasteiger partial charge in [0.1, 0.15) is 18.1 Å². The third-order valence-corrected chi connectivity index (χ3v) is 3.70. The third kappa shape index (κ3) is 4.58. The molecule has 1 aromatic heterocycles. The van der Waals surface area contributed by atoms with Crippen molar-refractivity contribution in [2.45, 2.75) is 6.61 Å². The highest BCUT2D eigenvalue weighted by molar-refractivity contribution is 5.87. The minimum atomic E-state index is -0.492. The molecule has 7 nitrogen and oxygen atoms in total. The van der Waals surface area contributed by atoms with Gasteiger partial charge in [0.15, 0.2) is 0 Å². The number of methoxy groups -OCH3 is 1. The molecule has 0 aliphatic rings. The van der Waals surface area contributed by atoms with Crippen molar-refractivity contribution in [1.82, 2.24) is 15.0 Å². The van der Waals surface area contributed by atoms with Gasteiger partial charge in [-0.15, -0.1) is 5.10 Å². The highest BCUT2D eigenvalue weighted by atomic mass is 16.5. The van der Waals surface area contributed by atoms with Gasteiger partial charge in [-0.1, -0.05) is 23.4 Å². The van der Waals surface area contributed by atoms with Gasteiger partial charge in [0.05, 0.1) is 30.6 Å². The molecule has 134 valence electrons. The molecule has 0 saturated heterocycles. The Balaban J connectivity index is 1.58. The molecular formula is C20H16N4O3. The van der Waals surface area contributed by atoms with Crippen LogP contribution in [-0.2, 0) is 16.1 Å². The molecule has 2 aromatic carbocycles. The fourth-order valence-electron chi connectivity index (χ4n) is 2.33. The van der Waals surface area contributed by atoms with Crippen LogP contribution in [0, 0.1) is 11.3 Å². The zero-order chi connectivity index (χ0) is 19.1. The molecule has 0 saturated carbocycles. The summed E-state index contributed by atoms with van der Waals surface area (Å²) in [7, 11) is 1.57. The number of hydrogen-bond acceptors (Lipinski definition) is 6. The second-order valence-electron chi connectivity index (χ2n) is 5.50. The summed E-state index contributed by atoms with van der Waals surface area (Å²) in [5.74, 6) is 0.181. The van der Waals surface area contributed by atoms with E-state index in [9.17, 15) is 4.79 Å². The predicted molar refractivity (Wildman–Crippen MR) is 97.9 cm³/mol. The van der Waals surface area contributed by atoms with Crippen molar-refractivity contribution in [3.8, 4) is 17.5 Å². The Labute approximate surface area is 156 Å². The summed E-state index contributed by atoms with van der Waals surface area (Å²) < 4.78 is 12.0. The number of para-hydroxylation sites is 1. The van der Waals surface area contributed by atoms with Crippen LogP contribution in [0.15, 0.2) is 60.8 Å². The SMILES string of the molecule is COc1ccccc1/C=C/C(=O)OCc1cn(-c2ccc(C#N)cc2)nn1. The van der Waals surface area contributed by atoms with Gasteiger partial charge in [-0.2, -0.15) is 5.26 Å². The Kier molecular flexibility index (Phi) is 5.60. The van der Waals surface area contributed by atoms with Crippen molar-refractivity contribution in [3.05, 3.63) is 77.6 Å². The van der Waals surface area contributed by atoms with Gasteiger partial charge in [-0.25, -0.2) is 9.48 Å². The van der Waals surface area contributed by atoms with Crippen molar-refractivity contribution in [3.63, 3.8) is 0 Å². The van der Waals surface area contributed by atoms with E-state index in [0.717, 1.165) is 11.3 Å². The van der Waals surface area contributed by atoms with Crippen molar-refractivity contribution in [1.29, 1.82) is 5.26 Å². The van der Waals surface area contributed by atoms with E-state index in [-0.39, 0.29) is 6.61 Å². The number of nitriles is 1. The summed E-state index contributed by atoms with van der Waals surface area (Å²) in [6, 6.07) is 16.3. The zero-order valence-corrected chi connectivity index (χ0v) is 14.6. The maximum Gasteiger partial charge on any atom is 0.331 e. The van der Waals surface area contributed by atoms with Gasteiger partial charge in [-0.3, -0.25) is 0 Å². The van der Waals surface area contributed by atoms with Crippen molar-refractivity contribution >= 4 is 12.0 Å². The molecule has 0 spiro atoms. The second-order valence-corrected chi connectivity index (χ2v) is 5.50. The van der Waals surface area contributed by atoms with Crippen LogP contribution in [0.1, 0.15) is 16.8 Å². The standard InChI is InChI=1S/C20H16N4O3/c1-26-19-5-3-2-4-16(19)8-11-20(25)27-14-17-13-24(23-22-17)18-9-6-15(12-21)7-10-18/h2-11,13H,14H2,1H3/b11-8+. The van der Waals surface area contributed by atoms with Crippen molar-refractivity contribution in [2.75, 3.05) is 7.11 Å². The number of benzene rings is 2. The third-order valence-electron chi connectivity index (χ3n) is 3.70.